The second-order valence-corrected chi connectivity index (χ2v) is 5.71. The Hall–Kier alpha value is -1.71. The average molecular weight is 285 g/mol. The summed E-state index contributed by atoms with van der Waals surface area (Å²) in [5, 5.41) is 0. The summed E-state index contributed by atoms with van der Waals surface area (Å²) in [4.78, 5) is 0.798. The van der Waals surface area contributed by atoms with Crippen molar-refractivity contribution in [1.82, 2.24) is 0 Å². The molecule has 0 aromatic heterocycles. The molecule has 2 aromatic rings. The number of rotatable bonds is 6. The molecule has 3 heteroatoms. The summed E-state index contributed by atoms with van der Waals surface area (Å²) >= 11 is -1.05. The molecule has 20 heavy (non-hydrogen) atoms. The van der Waals surface area contributed by atoms with Gasteiger partial charge >= 0.3 is 0 Å². The van der Waals surface area contributed by atoms with E-state index in [4.69, 9.17) is 4.74 Å². The third-order valence-electron chi connectivity index (χ3n) is 2.86. The van der Waals surface area contributed by atoms with Crippen LogP contribution >= 0.6 is 0 Å². The first-order valence-electron chi connectivity index (χ1n) is 6.41. The van der Waals surface area contributed by atoms with Crippen LogP contribution in [0.25, 0.3) is 0 Å². The molecular formula is C17H17O2S. The van der Waals surface area contributed by atoms with Crippen LogP contribution in [0.5, 0.6) is 5.75 Å². The molecule has 103 valence electrons. The Labute approximate surface area is 123 Å². The van der Waals surface area contributed by atoms with Gasteiger partial charge in [-0.3, -0.25) is 0 Å². The average Bonchev–Trinajstić information content (AvgIpc) is 2.52. The number of allylic oxidation sites excluding steroid dienone is 1. The monoisotopic (exact) mass is 285 g/mol. The van der Waals surface area contributed by atoms with E-state index >= 15 is 0 Å². The van der Waals surface area contributed by atoms with Crippen LogP contribution in [0.2, 0.25) is 0 Å². The molecule has 0 aliphatic carbocycles. The Morgan fingerprint density at radius 1 is 1.10 bits per heavy atom. The summed E-state index contributed by atoms with van der Waals surface area (Å²) in [5.41, 5.74) is 1.23. The summed E-state index contributed by atoms with van der Waals surface area (Å²) in [6, 6.07) is 17.5. The van der Waals surface area contributed by atoms with Crippen molar-refractivity contribution in [2.75, 3.05) is 12.9 Å². The number of hydrogen-bond donors (Lipinski definition) is 0. The van der Waals surface area contributed by atoms with E-state index in [1.165, 1.54) is 5.56 Å². The standard InChI is InChI=1S/C17H17O2S/c1-19-16-10-12-17(13-11-16)20(18)14-6-5-9-15-7-3-2-4-8-15/h2-5,7-8,10-13H,9,14H2,1H3. The predicted octanol–water partition coefficient (Wildman–Crippen LogP) is 3.40. The van der Waals surface area contributed by atoms with E-state index in [0.29, 0.717) is 5.75 Å². The molecule has 0 aliphatic rings. The minimum atomic E-state index is -1.05. The molecule has 0 fully saturated rings. The van der Waals surface area contributed by atoms with Crippen molar-refractivity contribution in [2.45, 2.75) is 11.3 Å². The fraction of sp³-hybridized carbons (Fsp3) is 0.176. The Bertz CT molecular complexity index is 535. The second kappa shape index (κ2) is 7.78. The van der Waals surface area contributed by atoms with Gasteiger partial charge in [-0.2, -0.15) is 0 Å². The topological polar surface area (TPSA) is 32.3 Å². The van der Waals surface area contributed by atoms with E-state index in [9.17, 15) is 4.55 Å². The molecule has 0 saturated heterocycles. The lowest BCUT2D eigenvalue weighted by molar-refractivity contribution is 0.414. The lowest BCUT2D eigenvalue weighted by Gasteiger charge is -2.08. The van der Waals surface area contributed by atoms with E-state index in [1.807, 2.05) is 48.5 Å². The molecule has 1 unspecified atom stereocenters. The predicted molar refractivity (Wildman–Crippen MR) is 82.2 cm³/mol. The van der Waals surface area contributed by atoms with Crippen LogP contribution in [0.4, 0.5) is 0 Å². The number of methoxy groups -OCH3 is 1. The number of benzene rings is 2. The fourth-order valence-electron chi connectivity index (χ4n) is 1.75. The zero-order valence-corrected chi connectivity index (χ0v) is 12.2. The molecule has 0 bridgehead atoms. The highest BCUT2D eigenvalue weighted by molar-refractivity contribution is 7.91. The minimum absolute atomic E-state index is 0.416. The lowest BCUT2D eigenvalue weighted by atomic mass is 10.1. The van der Waals surface area contributed by atoms with Gasteiger partial charge in [0.25, 0.3) is 0 Å². The van der Waals surface area contributed by atoms with Crippen LogP contribution in [0.3, 0.4) is 0 Å². The van der Waals surface area contributed by atoms with Crippen molar-refractivity contribution >= 4 is 11.2 Å². The largest absolute Gasteiger partial charge is 0.611 e. The smallest absolute Gasteiger partial charge is 0.153 e. The normalized spacial score (nSPS) is 12.5. The van der Waals surface area contributed by atoms with E-state index in [-0.39, 0.29) is 0 Å². The minimum Gasteiger partial charge on any atom is -0.611 e. The Balaban J connectivity index is 1.83. The van der Waals surface area contributed by atoms with Crippen LogP contribution in [0.1, 0.15) is 5.56 Å². The van der Waals surface area contributed by atoms with Crippen molar-refractivity contribution in [3.05, 3.63) is 72.3 Å². The summed E-state index contributed by atoms with van der Waals surface area (Å²) < 4.78 is 17.1. The zero-order chi connectivity index (χ0) is 14.2. The maximum atomic E-state index is 12.0. The summed E-state index contributed by atoms with van der Waals surface area (Å²) in [6.45, 7) is 0. The van der Waals surface area contributed by atoms with Gasteiger partial charge in [-0.15, -0.1) is 0 Å². The van der Waals surface area contributed by atoms with E-state index in [2.05, 4.69) is 18.2 Å². The Kier molecular flexibility index (Phi) is 5.71. The maximum Gasteiger partial charge on any atom is 0.153 e. The maximum absolute atomic E-state index is 12.0. The Morgan fingerprint density at radius 2 is 1.80 bits per heavy atom. The first-order chi connectivity index (χ1) is 9.79. The lowest BCUT2D eigenvalue weighted by Crippen LogP contribution is -2.05. The summed E-state index contributed by atoms with van der Waals surface area (Å²) in [7, 11) is 1.62. The SMILES string of the molecule is COc1ccc([S+]([O-])C/[C]=C\Cc2ccccc2)cc1. The van der Waals surface area contributed by atoms with E-state index < -0.39 is 11.2 Å². The van der Waals surface area contributed by atoms with Gasteiger partial charge in [-0.25, -0.2) is 0 Å². The third kappa shape index (κ3) is 4.44. The van der Waals surface area contributed by atoms with Gasteiger partial charge in [0.05, 0.1) is 7.11 Å². The molecule has 0 spiro atoms. The van der Waals surface area contributed by atoms with Gasteiger partial charge in [0, 0.05) is 6.08 Å². The van der Waals surface area contributed by atoms with Crippen LogP contribution in [0.15, 0.2) is 65.6 Å². The first-order valence-corrected chi connectivity index (χ1v) is 7.73. The molecule has 0 saturated carbocycles. The molecule has 2 aromatic carbocycles. The zero-order valence-electron chi connectivity index (χ0n) is 11.4. The van der Waals surface area contributed by atoms with Gasteiger partial charge in [0.2, 0.25) is 0 Å². The van der Waals surface area contributed by atoms with E-state index in [0.717, 1.165) is 17.1 Å². The number of ether oxygens (including phenoxy) is 1. The quantitative estimate of drug-likeness (QED) is 0.762. The molecule has 2 nitrogen and oxygen atoms in total. The molecule has 1 atom stereocenters. The van der Waals surface area contributed by atoms with Crippen molar-refractivity contribution < 1.29 is 9.29 Å². The van der Waals surface area contributed by atoms with E-state index in [1.54, 1.807) is 7.11 Å². The highest BCUT2D eigenvalue weighted by Crippen LogP contribution is 2.16. The van der Waals surface area contributed by atoms with Gasteiger partial charge < -0.3 is 9.29 Å². The van der Waals surface area contributed by atoms with Crippen LogP contribution in [-0.4, -0.2) is 17.4 Å². The number of hydrogen-bond acceptors (Lipinski definition) is 2. The highest BCUT2D eigenvalue weighted by Gasteiger charge is 2.08. The molecular weight excluding hydrogens is 268 g/mol. The first kappa shape index (κ1) is 14.7. The van der Waals surface area contributed by atoms with Crippen molar-refractivity contribution in [2.24, 2.45) is 0 Å². The van der Waals surface area contributed by atoms with Crippen molar-refractivity contribution in [3.63, 3.8) is 0 Å². The van der Waals surface area contributed by atoms with Gasteiger partial charge in [0.1, 0.15) is 11.5 Å². The summed E-state index contributed by atoms with van der Waals surface area (Å²) in [6.07, 6.45) is 5.87. The van der Waals surface area contributed by atoms with Gasteiger partial charge in [-0.1, -0.05) is 36.4 Å². The fourth-order valence-corrected chi connectivity index (χ4v) is 2.63. The van der Waals surface area contributed by atoms with Gasteiger partial charge in [-0.05, 0) is 47.4 Å². The molecule has 0 heterocycles. The second-order valence-electron chi connectivity index (χ2n) is 4.26. The van der Waals surface area contributed by atoms with Crippen LogP contribution in [0, 0.1) is 6.08 Å². The van der Waals surface area contributed by atoms with Crippen molar-refractivity contribution in [3.8, 4) is 5.75 Å². The van der Waals surface area contributed by atoms with Crippen LogP contribution < -0.4 is 4.74 Å². The highest BCUT2D eigenvalue weighted by atomic mass is 32.2. The van der Waals surface area contributed by atoms with Gasteiger partial charge in [0.15, 0.2) is 4.90 Å². The summed E-state index contributed by atoms with van der Waals surface area (Å²) in [5.74, 6) is 1.19. The third-order valence-corrected chi connectivity index (χ3v) is 4.09. The van der Waals surface area contributed by atoms with Crippen molar-refractivity contribution in [1.29, 1.82) is 0 Å². The molecule has 0 aliphatic heterocycles. The molecule has 0 N–H and O–H groups in total. The van der Waals surface area contributed by atoms with Crippen LogP contribution in [-0.2, 0) is 17.6 Å². The molecule has 0 amide bonds. The molecule has 2 rings (SSSR count). The molecule has 1 radical (unpaired) electrons. The Morgan fingerprint density at radius 3 is 2.45 bits per heavy atom.